The molecule has 0 saturated heterocycles. The Morgan fingerprint density at radius 2 is 2.00 bits per heavy atom. The second kappa shape index (κ2) is 5.59. The normalized spacial score (nSPS) is 11.8. The monoisotopic (exact) mass is 168 g/mol. The quantitative estimate of drug-likeness (QED) is 0.637. The average Bonchev–Trinajstić information content (AvgIpc) is 2.07. The van der Waals surface area contributed by atoms with Gasteiger partial charge >= 0.3 is 0 Å². The fourth-order valence-corrected chi connectivity index (χ4v) is 1.07. The molecule has 0 saturated carbocycles. The third kappa shape index (κ3) is 2.91. The number of nitrogens with zero attached hydrogens (tertiary/aromatic N) is 2. The van der Waals surface area contributed by atoms with Gasteiger partial charge in [-0.1, -0.05) is 6.92 Å². The van der Waals surface area contributed by atoms with Crippen LogP contribution in [0.2, 0.25) is 0 Å². The Kier molecular flexibility index (Phi) is 5.11. The molecule has 0 spiro atoms. The molecule has 0 aliphatic rings. The van der Waals surface area contributed by atoms with Crippen molar-refractivity contribution in [3.8, 4) is 6.07 Å². The van der Waals surface area contributed by atoms with E-state index >= 15 is 0 Å². The summed E-state index contributed by atoms with van der Waals surface area (Å²) in [5.41, 5.74) is 0. The van der Waals surface area contributed by atoms with Crippen LogP contribution in [-0.4, -0.2) is 23.9 Å². The molecule has 12 heavy (non-hydrogen) atoms. The first-order valence-electron chi connectivity index (χ1n) is 4.33. The lowest BCUT2D eigenvalue weighted by atomic mass is 10.1. The van der Waals surface area contributed by atoms with E-state index in [1.54, 1.807) is 11.8 Å². The first-order valence-corrected chi connectivity index (χ1v) is 4.33. The Morgan fingerprint density at radius 3 is 2.33 bits per heavy atom. The van der Waals surface area contributed by atoms with E-state index in [1.165, 1.54) is 0 Å². The van der Waals surface area contributed by atoms with Crippen LogP contribution in [0.1, 0.15) is 27.2 Å². The van der Waals surface area contributed by atoms with Gasteiger partial charge in [-0.3, -0.25) is 4.79 Å². The molecule has 0 N–H and O–H groups in total. The summed E-state index contributed by atoms with van der Waals surface area (Å²) in [5.74, 6) is -0.0727. The molecule has 0 aliphatic carbocycles. The van der Waals surface area contributed by atoms with E-state index in [0.717, 1.165) is 13.1 Å². The number of rotatable bonds is 4. The minimum absolute atomic E-state index is 0.0848. The first kappa shape index (κ1) is 11.0. The van der Waals surface area contributed by atoms with Crippen LogP contribution in [0.5, 0.6) is 0 Å². The number of amides is 1. The van der Waals surface area contributed by atoms with Crippen molar-refractivity contribution in [1.29, 1.82) is 5.26 Å². The molecule has 0 fully saturated rings. The highest BCUT2D eigenvalue weighted by molar-refractivity contribution is 5.78. The number of nitriles is 1. The topological polar surface area (TPSA) is 44.1 Å². The maximum atomic E-state index is 11.5. The Morgan fingerprint density at radius 1 is 1.50 bits per heavy atom. The summed E-state index contributed by atoms with van der Waals surface area (Å²) in [7, 11) is 0. The van der Waals surface area contributed by atoms with Crippen LogP contribution in [0, 0.1) is 17.2 Å². The van der Waals surface area contributed by atoms with E-state index in [9.17, 15) is 4.79 Å². The molecule has 1 unspecified atom stereocenters. The van der Waals surface area contributed by atoms with Gasteiger partial charge in [0.25, 0.3) is 0 Å². The van der Waals surface area contributed by atoms with Gasteiger partial charge in [0.2, 0.25) is 5.91 Å². The van der Waals surface area contributed by atoms with Gasteiger partial charge in [0, 0.05) is 25.4 Å². The molecule has 1 atom stereocenters. The molecule has 0 bridgehead atoms. The van der Waals surface area contributed by atoms with Crippen molar-refractivity contribution >= 4 is 5.91 Å². The molecule has 0 heterocycles. The summed E-state index contributed by atoms with van der Waals surface area (Å²) in [6.07, 6.45) is 0.315. The van der Waals surface area contributed by atoms with Crippen LogP contribution < -0.4 is 0 Å². The van der Waals surface area contributed by atoms with Crippen molar-refractivity contribution in [2.75, 3.05) is 13.1 Å². The Hall–Kier alpha value is -1.04. The third-order valence-electron chi connectivity index (χ3n) is 1.89. The molecule has 0 aromatic rings. The molecule has 0 aliphatic heterocycles. The summed E-state index contributed by atoms with van der Waals surface area (Å²) in [6.45, 7) is 7.14. The highest BCUT2D eigenvalue weighted by Gasteiger charge is 2.16. The summed E-state index contributed by atoms with van der Waals surface area (Å²) < 4.78 is 0. The molecular formula is C9H16N2O. The zero-order valence-electron chi connectivity index (χ0n) is 8.00. The van der Waals surface area contributed by atoms with Gasteiger partial charge in [-0.15, -0.1) is 0 Å². The number of carbonyl (C=O) groups excluding carboxylic acids is 1. The van der Waals surface area contributed by atoms with Crippen molar-refractivity contribution in [3.05, 3.63) is 0 Å². The van der Waals surface area contributed by atoms with E-state index in [-0.39, 0.29) is 11.8 Å². The van der Waals surface area contributed by atoms with Crippen molar-refractivity contribution in [1.82, 2.24) is 4.90 Å². The minimum Gasteiger partial charge on any atom is -0.343 e. The zero-order valence-corrected chi connectivity index (χ0v) is 8.00. The Balaban J connectivity index is 4.08. The van der Waals surface area contributed by atoms with E-state index in [0.29, 0.717) is 6.42 Å². The summed E-state index contributed by atoms with van der Waals surface area (Å²) in [6, 6.07) is 2.00. The molecule has 0 aromatic carbocycles. The van der Waals surface area contributed by atoms with Crippen LogP contribution in [0.15, 0.2) is 0 Å². The summed E-state index contributed by atoms with van der Waals surface area (Å²) >= 11 is 0. The van der Waals surface area contributed by atoms with E-state index in [1.807, 2.05) is 19.9 Å². The second-order valence-corrected chi connectivity index (χ2v) is 2.77. The summed E-state index contributed by atoms with van der Waals surface area (Å²) in [4.78, 5) is 13.2. The molecular weight excluding hydrogens is 152 g/mol. The maximum Gasteiger partial charge on any atom is 0.226 e. The van der Waals surface area contributed by atoms with Crippen LogP contribution in [0.3, 0.4) is 0 Å². The Labute approximate surface area is 74.0 Å². The van der Waals surface area contributed by atoms with Crippen molar-refractivity contribution in [3.63, 3.8) is 0 Å². The van der Waals surface area contributed by atoms with Crippen LogP contribution in [-0.2, 0) is 4.79 Å². The van der Waals surface area contributed by atoms with Gasteiger partial charge in [-0.25, -0.2) is 0 Å². The fourth-order valence-electron chi connectivity index (χ4n) is 1.07. The minimum atomic E-state index is -0.158. The lowest BCUT2D eigenvalue weighted by molar-refractivity contribution is -0.134. The molecule has 3 nitrogen and oxygen atoms in total. The maximum absolute atomic E-state index is 11.5. The first-order chi connectivity index (χ1) is 5.67. The SMILES string of the molecule is CCN(CC)C(=O)C(C)CC#N. The van der Waals surface area contributed by atoms with Gasteiger partial charge in [0.1, 0.15) is 0 Å². The molecule has 1 amide bonds. The van der Waals surface area contributed by atoms with E-state index < -0.39 is 0 Å². The summed E-state index contributed by atoms with van der Waals surface area (Å²) in [5, 5.41) is 8.39. The lowest BCUT2D eigenvalue weighted by Gasteiger charge is -2.21. The highest BCUT2D eigenvalue weighted by Crippen LogP contribution is 2.05. The van der Waals surface area contributed by atoms with Gasteiger partial charge < -0.3 is 4.90 Å². The number of hydrogen-bond donors (Lipinski definition) is 0. The van der Waals surface area contributed by atoms with Crippen LogP contribution in [0.25, 0.3) is 0 Å². The third-order valence-corrected chi connectivity index (χ3v) is 1.89. The smallest absolute Gasteiger partial charge is 0.226 e. The van der Waals surface area contributed by atoms with Crippen molar-refractivity contribution in [2.24, 2.45) is 5.92 Å². The highest BCUT2D eigenvalue weighted by atomic mass is 16.2. The molecule has 0 aromatic heterocycles. The standard InChI is InChI=1S/C9H16N2O/c1-4-11(5-2)9(12)8(3)6-7-10/h8H,4-6H2,1-3H3. The van der Waals surface area contributed by atoms with Crippen LogP contribution >= 0.6 is 0 Å². The van der Waals surface area contributed by atoms with Crippen molar-refractivity contribution in [2.45, 2.75) is 27.2 Å². The van der Waals surface area contributed by atoms with E-state index in [4.69, 9.17) is 5.26 Å². The van der Waals surface area contributed by atoms with Gasteiger partial charge in [0.15, 0.2) is 0 Å². The van der Waals surface area contributed by atoms with E-state index in [2.05, 4.69) is 0 Å². The molecule has 0 radical (unpaired) electrons. The molecule has 0 rings (SSSR count). The molecule has 68 valence electrons. The predicted molar refractivity (Wildman–Crippen MR) is 47.3 cm³/mol. The molecule has 3 heteroatoms. The van der Waals surface area contributed by atoms with Gasteiger partial charge in [-0.2, -0.15) is 5.26 Å². The second-order valence-electron chi connectivity index (χ2n) is 2.77. The number of carbonyl (C=O) groups is 1. The van der Waals surface area contributed by atoms with Crippen molar-refractivity contribution < 1.29 is 4.79 Å². The average molecular weight is 168 g/mol. The lowest BCUT2D eigenvalue weighted by Crippen LogP contribution is -2.34. The predicted octanol–water partition coefficient (Wildman–Crippen LogP) is 1.40. The Bertz CT molecular complexity index is 179. The fraction of sp³-hybridized carbons (Fsp3) is 0.778. The number of hydrogen-bond acceptors (Lipinski definition) is 2. The van der Waals surface area contributed by atoms with Gasteiger partial charge in [0.05, 0.1) is 6.07 Å². The zero-order chi connectivity index (χ0) is 9.56. The van der Waals surface area contributed by atoms with Gasteiger partial charge in [-0.05, 0) is 13.8 Å². The largest absolute Gasteiger partial charge is 0.343 e. The van der Waals surface area contributed by atoms with Crippen LogP contribution in [0.4, 0.5) is 0 Å².